The Morgan fingerprint density at radius 1 is 1.41 bits per heavy atom. The first kappa shape index (κ1) is 14.6. The smallest absolute Gasteiger partial charge is 0.254 e. The average molecular weight is 301 g/mol. The van der Waals surface area contributed by atoms with E-state index in [1.807, 2.05) is 24.0 Å². The minimum absolute atomic E-state index is 0.0111. The Morgan fingerprint density at radius 2 is 2.23 bits per heavy atom. The van der Waals surface area contributed by atoms with Crippen molar-refractivity contribution < 1.29 is 14.1 Å². The standard InChI is InChI=1S/C16H19N3O3/c1-10-4-5-12(8-14(10)21-3)16(20)19-7-6-13(9-19)15-17-11(2)18-22-15/h4-5,8,13H,6-7,9H2,1-3H3/t13-/m0/s1. The Labute approximate surface area is 129 Å². The van der Waals surface area contributed by atoms with Gasteiger partial charge in [-0.3, -0.25) is 4.79 Å². The molecular formula is C16H19N3O3. The van der Waals surface area contributed by atoms with E-state index in [9.17, 15) is 4.79 Å². The summed E-state index contributed by atoms with van der Waals surface area (Å²) in [5, 5.41) is 3.82. The fourth-order valence-corrected chi connectivity index (χ4v) is 2.76. The van der Waals surface area contributed by atoms with Crippen molar-refractivity contribution in [2.75, 3.05) is 20.2 Å². The topological polar surface area (TPSA) is 68.5 Å². The van der Waals surface area contributed by atoms with Crippen LogP contribution in [0.3, 0.4) is 0 Å². The van der Waals surface area contributed by atoms with Gasteiger partial charge in [-0.1, -0.05) is 11.2 Å². The third-order valence-electron chi connectivity index (χ3n) is 4.02. The van der Waals surface area contributed by atoms with E-state index in [1.54, 1.807) is 20.1 Å². The first-order chi connectivity index (χ1) is 10.6. The predicted molar refractivity (Wildman–Crippen MR) is 80.0 cm³/mol. The minimum Gasteiger partial charge on any atom is -0.496 e. The van der Waals surface area contributed by atoms with E-state index in [4.69, 9.17) is 9.26 Å². The second-order valence-electron chi connectivity index (χ2n) is 5.60. The summed E-state index contributed by atoms with van der Waals surface area (Å²) < 4.78 is 10.5. The number of aromatic nitrogens is 2. The van der Waals surface area contributed by atoms with Gasteiger partial charge in [0.15, 0.2) is 5.82 Å². The van der Waals surface area contributed by atoms with E-state index in [0.717, 1.165) is 17.7 Å². The molecule has 3 rings (SSSR count). The number of rotatable bonds is 3. The molecular weight excluding hydrogens is 282 g/mol. The number of carbonyl (C=O) groups excluding carboxylic acids is 1. The maximum atomic E-state index is 12.6. The van der Waals surface area contributed by atoms with Gasteiger partial charge in [-0.05, 0) is 38.0 Å². The molecule has 1 fully saturated rings. The van der Waals surface area contributed by atoms with E-state index < -0.39 is 0 Å². The summed E-state index contributed by atoms with van der Waals surface area (Å²) in [5.41, 5.74) is 1.66. The maximum absolute atomic E-state index is 12.6. The molecule has 6 nitrogen and oxygen atoms in total. The normalized spacial score (nSPS) is 17.8. The molecule has 0 unspecified atom stereocenters. The highest BCUT2D eigenvalue weighted by Crippen LogP contribution is 2.28. The summed E-state index contributed by atoms with van der Waals surface area (Å²) in [6.45, 7) is 5.05. The summed E-state index contributed by atoms with van der Waals surface area (Å²) >= 11 is 0. The molecule has 0 bridgehead atoms. The van der Waals surface area contributed by atoms with E-state index in [-0.39, 0.29) is 11.8 Å². The monoisotopic (exact) mass is 301 g/mol. The number of benzene rings is 1. The zero-order valence-corrected chi connectivity index (χ0v) is 13.0. The minimum atomic E-state index is 0.0111. The van der Waals surface area contributed by atoms with Gasteiger partial charge in [-0.15, -0.1) is 0 Å². The van der Waals surface area contributed by atoms with Crippen LogP contribution in [-0.4, -0.2) is 41.1 Å². The SMILES string of the molecule is COc1cc(C(=O)N2CC[C@H](c3nc(C)no3)C2)ccc1C. The number of ether oxygens (including phenoxy) is 1. The van der Waals surface area contributed by atoms with Gasteiger partial charge in [-0.25, -0.2) is 0 Å². The van der Waals surface area contributed by atoms with Crippen LogP contribution in [0.4, 0.5) is 0 Å². The quantitative estimate of drug-likeness (QED) is 0.870. The predicted octanol–water partition coefficient (Wildman–Crippen LogP) is 2.32. The highest BCUT2D eigenvalue weighted by molar-refractivity contribution is 5.95. The van der Waals surface area contributed by atoms with Crippen molar-refractivity contribution in [3.8, 4) is 5.75 Å². The molecule has 1 aliphatic rings. The highest BCUT2D eigenvalue weighted by atomic mass is 16.5. The number of aryl methyl sites for hydroxylation is 2. The number of carbonyl (C=O) groups is 1. The fraction of sp³-hybridized carbons (Fsp3) is 0.438. The molecule has 6 heteroatoms. The van der Waals surface area contributed by atoms with E-state index in [1.165, 1.54) is 0 Å². The zero-order valence-electron chi connectivity index (χ0n) is 13.0. The molecule has 0 radical (unpaired) electrons. The molecule has 1 aromatic carbocycles. The second-order valence-corrected chi connectivity index (χ2v) is 5.60. The van der Waals surface area contributed by atoms with Crippen molar-refractivity contribution in [2.45, 2.75) is 26.2 Å². The van der Waals surface area contributed by atoms with Crippen LogP contribution in [-0.2, 0) is 0 Å². The van der Waals surface area contributed by atoms with Crippen LogP contribution >= 0.6 is 0 Å². The molecule has 1 aromatic heterocycles. The summed E-state index contributed by atoms with van der Waals surface area (Å²) in [5.74, 6) is 2.11. The Balaban J connectivity index is 1.74. The summed E-state index contributed by atoms with van der Waals surface area (Å²) in [6, 6.07) is 5.53. The average Bonchev–Trinajstić information content (AvgIpc) is 3.15. The molecule has 0 N–H and O–H groups in total. The van der Waals surface area contributed by atoms with Crippen LogP contribution in [0, 0.1) is 13.8 Å². The molecule has 1 saturated heterocycles. The van der Waals surface area contributed by atoms with Crippen LogP contribution in [0.1, 0.15) is 40.0 Å². The van der Waals surface area contributed by atoms with Crippen LogP contribution in [0.5, 0.6) is 5.75 Å². The summed E-state index contributed by atoms with van der Waals surface area (Å²) in [6.07, 6.45) is 0.844. The van der Waals surface area contributed by atoms with Gasteiger partial charge in [0, 0.05) is 18.7 Å². The van der Waals surface area contributed by atoms with Gasteiger partial charge < -0.3 is 14.2 Å². The maximum Gasteiger partial charge on any atom is 0.254 e. The van der Waals surface area contributed by atoms with Gasteiger partial charge in [0.25, 0.3) is 5.91 Å². The van der Waals surface area contributed by atoms with Crippen molar-refractivity contribution in [2.24, 2.45) is 0 Å². The number of hydrogen-bond donors (Lipinski definition) is 0. The first-order valence-corrected chi connectivity index (χ1v) is 7.32. The molecule has 116 valence electrons. The Kier molecular flexibility index (Phi) is 3.83. The molecule has 0 spiro atoms. The van der Waals surface area contributed by atoms with E-state index >= 15 is 0 Å². The summed E-state index contributed by atoms with van der Waals surface area (Å²) in [7, 11) is 1.61. The Morgan fingerprint density at radius 3 is 2.91 bits per heavy atom. The number of amides is 1. The first-order valence-electron chi connectivity index (χ1n) is 7.32. The molecule has 2 heterocycles. The Bertz CT molecular complexity index is 696. The lowest BCUT2D eigenvalue weighted by Crippen LogP contribution is -2.28. The summed E-state index contributed by atoms with van der Waals surface area (Å²) in [4.78, 5) is 18.7. The van der Waals surface area contributed by atoms with Crippen LogP contribution in [0.2, 0.25) is 0 Å². The van der Waals surface area contributed by atoms with Crippen LogP contribution in [0.15, 0.2) is 22.7 Å². The van der Waals surface area contributed by atoms with Gasteiger partial charge in [0.2, 0.25) is 5.89 Å². The van der Waals surface area contributed by atoms with Crippen molar-refractivity contribution in [3.05, 3.63) is 41.0 Å². The second kappa shape index (κ2) is 5.79. The number of likely N-dealkylation sites (tertiary alicyclic amines) is 1. The third kappa shape index (κ3) is 2.68. The molecule has 0 saturated carbocycles. The lowest BCUT2D eigenvalue weighted by Gasteiger charge is -2.16. The van der Waals surface area contributed by atoms with Gasteiger partial charge in [-0.2, -0.15) is 4.98 Å². The highest BCUT2D eigenvalue weighted by Gasteiger charge is 2.31. The van der Waals surface area contributed by atoms with Crippen molar-refractivity contribution in [1.29, 1.82) is 0 Å². The fourth-order valence-electron chi connectivity index (χ4n) is 2.76. The van der Waals surface area contributed by atoms with Gasteiger partial charge in [0.1, 0.15) is 5.75 Å². The van der Waals surface area contributed by atoms with Gasteiger partial charge >= 0.3 is 0 Å². The molecule has 1 atom stereocenters. The van der Waals surface area contributed by atoms with Crippen molar-refractivity contribution >= 4 is 5.91 Å². The van der Waals surface area contributed by atoms with Crippen molar-refractivity contribution in [1.82, 2.24) is 15.0 Å². The molecule has 1 amide bonds. The van der Waals surface area contributed by atoms with Crippen molar-refractivity contribution in [3.63, 3.8) is 0 Å². The largest absolute Gasteiger partial charge is 0.496 e. The van der Waals surface area contributed by atoms with Crippen LogP contribution < -0.4 is 4.74 Å². The number of nitrogens with zero attached hydrogens (tertiary/aromatic N) is 3. The van der Waals surface area contributed by atoms with E-state index in [2.05, 4.69) is 10.1 Å². The lowest BCUT2D eigenvalue weighted by molar-refractivity contribution is 0.0789. The molecule has 22 heavy (non-hydrogen) atoms. The number of hydrogen-bond acceptors (Lipinski definition) is 5. The zero-order chi connectivity index (χ0) is 15.7. The van der Waals surface area contributed by atoms with Gasteiger partial charge in [0.05, 0.1) is 13.0 Å². The Hall–Kier alpha value is -2.37. The number of methoxy groups -OCH3 is 1. The van der Waals surface area contributed by atoms with Crippen LogP contribution in [0.25, 0.3) is 0 Å². The molecule has 1 aliphatic heterocycles. The lowest BCUT2D eigenvalue weighted by atomic mass is 10.1. The molecule has 2 aromatic rings. The van der Waals surface area contributed by atoms with E-state index in [0.29, 0.717) is 30.4 Å². The molecule has 0 aliphatic carbocycles. The third-order valence-corrected chi connectivity index (χ3v) is 4.02.